The Morgan fingerprint density at radius 2 is 2.06 bits per heavy atom. The number of nitrogens with one attached hydrogen (secondary N) is 2. The van der Waals surface area contributed by atoms with Gasteiger partial charge in [-0.05, 0) is 19.8 Å². The number of aliphatic carboxylic acids is 1. The molecule has 104 valence electrons. The Bertz CT molecular complexity index is 296. The van der Waals surface area contributed by atoms with E-state index in [1.807, 2.05) is 6.92 Å². The zero-order valence-electron chi connectivity index (χ0n) is 10.9. The number of amides is 2. The molecule has 6 nitrogen and oxygen atoms in total. The van der Waals surface area contributed by atoms with Crippen molar-refractivity contribution in [3.63, 3.8) is 0 Å². The van der Waals surface area contributed by atoms with Crippen molar-refractivity contribution in [2.24, 2.45) is 5.92 Å². The lowest BCUT2D eigenvalue weighted by atomic mass is 9.84. The Morgan fingerprint density at radius 1 is 1.39 bits per heavy atom. The number of urea groups is 1. The molecule has 1 aliphatic rings. The molecule has 2 amide bonds. The maximum Gasteiger partial charge on any atom is 0.315 e. The maximum atomic E-state index is 11.7. The molecule has 0 heterocycles. The van der Waals surface area contributed by atoms with Crippen LogP contribution in [-0.4, -0.2) is 42.9 Å². The smallest absolute Gasteiger partial charge is 0.315 e. The van der Waals surface area contributed by atoms with Crippen molar-refractivity contribution in [3.8, 4) is 0 Å². The van der Waals surface area contributed by atoms with Gasteiger partial charge in [-0.15, -0.1) is 0 Å². The SMILES string of the molecule is COCC(C)NC(=O)NC1CCCCC1C(=O)O. The van der Waals surface area contributed by atoms with Gasteiger partial charge in [-0.2, -0.15) is 0 Å². The van der Waals surface area contributed by atoms with Crippen LogP contribution in [0.2, 0.25) is 0 Å². The standard InChI is InChI=1S/C12H22N2O4/c1-8(7-18-2)13-12(17)14-10-6-4-3-5-9(10)11(15)16/h8-10H,3-7H2,1-2H3,(H,15,16)(H2,13,14,17). The summed E-state index contributed by atoms with van der Waals surface area (Å²) in [7, 11) is 1.57. The summed E-state index contributed by atoms with van der Waals surface area (Å²) in [5.74, 6) is -1.30. The summed E-state index contributed by atoms with van der Waals surface area (Å²) < 4.78 is 4.92. The first-order valence-electron chi connectivity index (χ1n) is 6.33. The summed E-state index contributed by atoms with van der Waals surface area (Å²) in [6.07, 6.45) is 3.23. The van der Waals surface area contributed by atoms with E-state index >= 15 is 0 Å². The maximum absolute atomic E-state index is 11.7. The zero-order chi connectivity index (χ0) is 13.5. The van der Waals surface area contributed by atoms with Crippen LogP contribution in [0, 0.1) is 5.92 Å². The Kier molecular flexibility index (Phi) is 5.91. The molecular formula is C12H22N2O4. The van der Waals surface area contributed by atoms with Gasteiger partial charge in [-0.1, -0.05) is 12.8 Å². The number of carbonyl (C=O) groups is 2. The summed E-state index contributed by atoms with van der Waals surface area (Å²) in [5.41, 5.74) is 0. The van der Waals surface area contributed by atoms with Crippen molar-refractivity contribution in [3.05, 3.63) is 0 Å². The van der Waals surface area contributed by atoms with Crippen LogP contribution in [-0.2, 0) is 9.53 Å². The number of hydrogen-bond donors (Lipinski definition) is 3. The molecule has 0 aromatic carbocycles. The molecule has 3 unspecified atom stereocenters. The van der Waals surface area contributed by atoms with Crippen molar-refractivity contribution in [1.82, 2.24) is 10.6 Å². The summed E-state index contributed by atoms with van der Waals surface area (Å²) in [5, 5.41) is 14.6. The van der Waals surface area contributed by atoms with E-state index in [4.69, 9.17) is 9.84 Å². The highest BCUT2D eigenvalue weighted by Crippen LogP contribution is 2.24. The van der Waals surface area contributed by atoms with Crippen LogP contribution < -0.4 is 10.6 Å². The van der Waals surface area contributed by atoms with E-state index in [0.717, 1.165) is 19.3 Å². The van der Waals surface area contributed by atoms with Crippen molar-refractivity contribution >= 4 is 12.0 Å². The summed E-state index contributed by atoms with van der Waals surface area (Å²) in [4.78, 5) is 22.8. The third-order valence-electron chi connectivity index (χ3n) is 3.19. The second kappa shape index (κ2) is 7.20. The highest BCUT2D eigenvalue weighted by molar-refractivity contribution is 5.77. The lowest BCUT2D eigenvalue weighted by molar-refractivity contribution is -0.143. The minimum atomic E-state index is -0.829. The fraction of sp³-hybridized carbons (Fsp3) is 0.833. The first-order valence-corrected chi connectivity index (χ1v) is 6.33. The van der Waals surface area contributed by atoms with E-state index in [1.165, 1.54) is 0 Å². The van der Waals surface area contributed by atoms with Gasteiger partial charge in [-0.3, -0.25) is 4.79 Å². The molecule has 1 saturated carbocycles. The third kappa shape index (κ3) is 4.52. The van der Waals surface area contributed by atoms with Gasteiger partial charge in [0, 0.05) is 13.2 Å². The minimum Gasteiger partial charge on any atom is -0.481 e. The molecule has 0 saturated heterocycles. The average molecular weight is 258 g/mol. The minimum absolute atomic E-state index is 0.0955. The molecule has 0 bridgehead atoms. The summed E-state index contributed by atoms with van der Waals surface area (Å²) >= 11 is 0. The normalized spacial score (nSPS) is 25.2. The molecule has 1 fully saturated rings. The highest BCUT2D eigenvalue weighted by Gasteiger charge is 2.31. The van der Waals surface area contributed by atoms with Crippen LogP contribution in [0.1, 0.15) is 32.6 Å². The second-order valence-electron chi connectivity index (χ2n) is 4.81. The van der Waals surface area contributed by atoms with Crippen LogP contribution in [0.3, 0.4) is 0 Å². The van der Waals surface area contributed by atoms with E-state index in [1.54, 1.807) is 7.11 Å². The van der Waals surface area contributed by atoms with Crippen molar-refractivity contribution in [2.45, 2.75) is 44.7 Å². The molecule has 0 radical (unpaired) electrons. The molecule has 0 aliphatic heterocycles. The largest absolute Gasteiger partial charge is 0.481 e. The average Bonchev–Trinajstić information content (AvgIpc) is 2.29. The van der Waals surface area contributed by atoms with Crippen molar-refractivity contribution < 1.29 is 19.4 Å². The predicted molar refractivity (Wildman–Crippen MR) is 66.4 cm³/mol. The molecule has 1 rings (SSSR count). The van der Waals surface area contributed by atoms with Crippen LogP contribution >= 0.6 is 0 Å². The molecular weight excluding hydrogens is 236 g/mol. The summed E-state index contributed by atoms with van der Waals surface area (Å²) in [6, 6.07) is -0.689. The Morgan fingerprint density at radius 3 is 2.67 bits per heavy atom. The van der Waals surface area contributed by atoms with Gasteiger partial charge < -0.3 is 20.5 Å². The fourth-order valence-corrected chi connectivity index (χ4v) is 2.32. The van der Waals surface area contributed by atoms with Gasteiger partial charge in [-0.25, -0.2) is 4.79 Å². The Balaban J connectivity index is 2.43. The molecule has 0 spiro atoms. The lowest BCUT2D eigenvalue weighted by Gasteiger charge is -2.29. The summed E-state index contributed by atoms with van der Waals surface area (Å²) in [6.45, 7) is 2.26. The second-order valence-corrected chi connectivity index (χ2v) is 4.81. The van der Waals surface area contributed by atoms with Gasteiger partial charge in [0.25, 0.3) is 0 Å². The predicted octanol–water partition coefficient (Wildman–Crippen LogP) is 0.964. The van der Waals surface area contributed by atoms with Gasteiger partial charge in [0.05, 0.1) is 18.6 Å². The number of methoxy groups -OCH3 is 1. The van der Waals surface area contributed by atoms with Crippen LogP contribution in [0.15, 0.2) is 0 Å². The first kappa shape index (κ1) is 14.8. The van der Waals surface area contributed by atoms with Gasteiger partial charge >= 0.3 is 12.0 Å². The van der Waals surface area contributed by atoms with Crippen LogP contribution in [0.5, 0.6) is 0 Å². The third-order valence-corrected chi connectivity index (χ3v) is 3.19. The Labute approximate surface area is 107 Å². The highest BCUT2D eigenvalue weighted by atomic mass is 16.5. The molecule has 0 aromatic heterocycles. The number of carboxylic acids is 1. The monoisotopic (exact) mass is 258 g/mol. The van der Waals surface area contributed by atoms with E-state index in [0.29, 0.717) is 13.0 Å². The molecule has 3 atom stereocenters. The number of rotatable bonds is 5. The first-order chi connectivity index (χ1) is 8.54. The van der Waals surface area contributed by atoms with Gasteiger partial charge in [0.15, 0.2) is 0 Å². The Hall–Kier alpha value is -1.30. The topological polar surface area (TPSA) is 87.7 Å². The van der Waals surface area contributed by atoms with E-state index < -0.39 is 11.9 Å². The van der Waals surface area contributed by atoms with E-state index in [9.17, 15) is 9.59 Å². The van der Waals surface area contributed by atoms with Crippen LogP contribution in [0.4, 0.5) is 4.79 Å². The van der Waals surface area contributed by atoms with E-state index in [-0.39, 0.29) is 18.1 Å². The van der Waals surface area contributed by atoms with E-state index in [2.05, 4.69) is 10.6 Å². The zero-order valence-corrected chi connectivity index (χ0v) is 10.9. The van der Waals surface area contributed by atoms with Gasteiger partial charge in [0.2, 0.25) is 0 Å². The number of carbonyl (C=O) groups excluding carboxylic acids is 1. The lowest BCUT2D eigenvalue weighted by Crippen LogP contribution is -2.51. The molecule has 6 heteroatoms. The molecule has 3 N–H and O–H groups in total. The number of ether oxygens (including phenoxy) is 1. The molecule has 1 aliphatic carbocycles. The molecule has 0 aromatic rings. The van der Waals surface area contributed by atoms with Crippen molar-refractivity contribution in [2.75, 3.05) is 13.7 Å². The van der Waals surface area contributed by atoms with Crippen LogP contribution in [0.25, 0.3) is 0 Å². The number of carboxylic acid groups (broad SMARTS) is 1. The quantitative estimate of drug-likeness (QED) is 0.685. The fourth-order valence-electron chi connectivity index (χ4n) is 2.32. The number of hydrogen-bond acceptors (Lipinski definition) is 3. The van der Waals surface area contributed by atoms with Gasteiger partial charge in [0.1, 0.15) is 0 Å². The molecule has 18 heavy (non-hydrogen) atoms. The van der Waals surface area contributed by atoms with Crippen molar-refractivity contribution in [1.29, 1.82) is 0 Å².